The Labute approximate surface area is 311 Å². The molecule has 0 fully saturated rings. The van der Waals surface area contributed by atoms with E-state index in [4.69, 9.17) is 15.0 Å². The van der Waals surface area contributed by atoms with Crippen molar-refractivity contribution in [2.45, 2.75) is 0 Å². The fraction of sp³-hybridized carbons (Fsp3) is 0. The average molecular weight is 694 g/mol. The van der Waals surface area contributed by atoms with Gasteiger partial charge < -0.3 is 0 Å². The summed E-state index contributed by atoms with van der Waals surface area (Å²) in [7, 11) is 0. The summed E-state index contributed by atoms with van der Waals surface area (Å²) in [5, 5.41) is 5.90. The van der Waals surface area contributed by atoms with Gasteiger partial charge in [0.2, 0.25) is 0 Å². The summed E-state index contributed by atoms with van der Waals surface area (Å²) in [6.07, 6.45) is 0. The van der Waals surface area contributed by atoms with Crippen LogP contribution in [0.1, 0.15) is 0 Å². The average Bonchev–Trinajstić information content (AvgIpc) is 3.67. The van der Waals surface area contributed by atoms with E-state index in [0.29, 0.717) is 5.82 Å². The van der Waals surface area contributed by atoms with Gasteiger partial charge in [-0.05, 0) is 74.1 Å². The first kappa shape index (κ1) is 31.0. The van der Waals surface area contributed by atoms with Crippen molar-refractivity contribution in [1.29, 1.82) is 0 Å². The lowest BCUT2D eigenvalue weighted by Gasteiger charge is -2.16. The molecule has 4 heteroatoms. The molecule has 0 saturated heterocycles. The van der Waals surface area contributed by atoms with E-state index in [1.807, 2.05) is 24.3 Å². The van der Waals surface area contributed by atoms with E-state index in [9.17, 15) is 0 Å². The lowest BCUT2D eigenvalue weighted by Crippen LogP contribution is -1.96. The molecular formula is C49H31N3S. The summed E-state index contributed by atoms with van der Waals surface area (Å²) in [6, 6.07) is 66.4. The van der Waals surface area contributed by atoms with Crippen molar-refractivity contribution in [1.82, 2.24) is 15.0 Å². The molecule has 0 spiro atoms. The number of rotatable bonds is 6. The van der Waals surface area contributed by atoms with Crippen LogP contribution in [0.15, 0.2) is 188 Å². The maximum absolute atomic E-state index is 5.17. The van der Waals surface area contributed by atoms with E-state index in [0.717, 1.165) is 55.3 Å². The first-order valence-electron chi connectivity index (χ1n) is 17.8. The van der Waals surface area contributed by atoms with Crippen LogP contribution in [0.25, 0.3) is 98.5 Å². The summed E-state index contributed by atoms with van der Waals surface area (Å²) in [6.45, 7) is 0. The van der Waals surface area contributed by atoms with E-state index >= 15 is 0 Å². The molecule has 3 nitrogen and oxygen atoms in total. The summed E-state index contributed by atoms with van der Waals surface area (Å²) in [5.74, 6) is 0.706. The van der Waals surface area contributed by atoms with Crippen LogP contribution >= 0.6 is 11.3 Å². The second-order valence-corrected chi connectivity index (χ2v) is 14.3. The monoisotopic (exact) mass is 693 g/mol. The number of aromatic nitrogens is 3. The Kier molecular flexibility index (Phi) is 7.67. The highest BCUT2D eigenvalue weighted by Crippen LogP contribution is 2.41. The number of hydrogen-bond donors (Lipinski definition) is 0. The molecule has 0 radical (unpaired) electrons. The molecule has 10 aromatic rings. The summed E-state index contributed by atoms with van der Waals surface area (Å²) < 4.78 is 1.17. The molecular weight excluding hydrogens is 663 g/mol. The van der Waals surface area contributed by atoms with Gasteiger partial charge in [0.25, 0.3) is 0 Å². The largest absolute Gasteiger partial charge is 0.236 e. The van der Waals surface area contributed by atoms with Gasteiger partial charge in [-0.3, -0.25) is 0 Å². The zero-order chi connectivity index (χ0) is 35.1. The zero-order valence-electron chi connectivity index (χ0n) is 28.6. The molecule has 8 aromatic carbocycles. The minimum absolute atomic E-state index is 0.706. The Morgan fingerprint density at radius 1 is 0.358 bits per heavy atom. The first-order chi connectivity index (χ1) is 26.2. The second-order valence-electron chi connectivity index (χ2n) is 13.2. The third-order valence-electron chi connectivity index (χ3n) is 9.90. The number of thiazole rings is 1. The van der Waals surface area contributed by atoms with Gasteiger partial charge in [0.15, 0.2) is 5.82 Å². The highest BCUT2D eigenvalue weighted by Gasteiger charge is 2.17. The minimum Gasteiger partial charge on any atom is -0.236 e. The normalized spacial score (nSPS) is 11.4. The highest BCUT2D eigenvalue weighted by molar-refractivity contribution is 7.21. The molecule has 0 bridgehead atoms. The van der Waals surface area contributed by atoms with Crippen molar-refractivity contribution >= 4 is 43.1 Å². The van der Waals surface area contributed by atoms with Gasteiger partial charge in [0.1, 0.15) is 5.01 Å². The van der Waals surface area contributed by atoms with Crippen molar-refractivity contribution in [3.05, 3.63) is 188 Å². The van der Waals surface area contributed by atoms with Crippen LogP contribution in [0.5, 0.6) is 0 Å². The van der Waals surface area contributed by atoms with Gasteiger partial charge in [-0.2, -0.15) is 0 Å². The molecule has 0 atom stereocenters. The van der Waals surface area contributed by atoms with Crippen molar-refractivity contribution in [2.75, 3.05) is 0 Å². The molecule has 0 aliphatic carbocycles. The van der Waals surface area contributed by atoms with Crippen molar-refractivity contribution in [2.24, 2.45) is 0 Å². The maximum Gasteiger partial charge on any atom is 0.160 e. The summed E-state index contributed by atoms with van der Waals surface area (Å²) in [4.78, 5) is 15.3. The number of benzene rings is 8. The molecule has 248 valence electrons. The molecule has 2 heterocycles. The van der Waals surface area contributed by atoms with E-state index in [-0.39, 0.29) is 0 Å². The predicted molar refractivity (Wildman–Crippen MR) is 223 cm³/mol. The number of fused-ring (bicyclic) bond motifs is 3. The maximum atomic E-state index is 5.17. The predicted octanol–water partition coefficient (Wildman–Crippen LogP) is 13.4. The molecule has 0 saturated carbocycles. The van der Waals surface area contributed by atoms with E-state index in [1.165, 1.54) is 37.4 Å². The first-order valence-corrected chi connectivity index (χ1v) is 18.6. The molecule has 53 heavy (non-hydrogen) atoms. The summed E-state index contributed by atoms with van der Waals surface area (Å²) >= 11 is 1.74. The molecule has 0 unspecified atom stereocenters. The van der Waals surface area contributed by atoms with Crippen LogP contribution in [0, 0.1) is 0 Å². The quantitative estimate of drug-likeness (QED) is 0.174. The second kappa shape index (κ2) is 13.1. The zero-order valence-corrected chi connectivity index (χ0v) is 29.5. The van der Waals surface area contributed by atoms with Crippen LogP contribution in [0.3, 0.4) is 0 Å². The molecule has 10 rings (SSSR count). The fourth-order valence-electron chi connectivity index (χ4n) is 7.27. The Bertz CT molecular complexity index is 2890. The Hall–Kier alpha value is -6.75. The molecule has 0 amide bonds. The van der Waals surface area contributed by atoms with Gasteiger partial charge in [-0.1, -0.05) is 158 Å². The lowest BCUT2D eigenvalue weighted by atomic mass is 9.89. The Morgan fingerprint density at radius 3 is 1.83 bits per heavy atom. The van der Waals surface area contributed by atoms with Gasteiger partial charge in [-0.25, -0.2) is 15.0 Å². The lowest BCUT2D eigenvalue weighted by molar-refractivity contribution is 1.18. The van der Waals surface area contributed by atoms with Crippen molar-refractivity contribution < 1.29 is 0 Å². The van der Waals surface area contributed by atoms with Crippen LogP contribution < -0.4 is 0 Å². The van der Waals surface area contributed by atoms with Crippen LogP contribution in [-0.4, -0.2) is 15.0 Å². The highest BCUT2D eigenvalue weighted by atomic mass is 32.1. The third-order valence-corrected chi connectivity index (χ3v) is 11.0. The van der Waals surface area contributed by atoms with Crippen molar-refractivity contribution in [3.8, 4) is 66.7 Å². The minimum atomic E-state index is 0.706. The topological polar surface area (TPSA) is 38.7 Å². The van der Waals surface area contributed by atoms with Crippen LogP contribution in [0.2, 0.25) is 0 Å². The van der Waals surface area contributed by atoms with Crippen LogP contribution in [-0.2, 0) is 0 Å². The number of nitrogens with zero attached hydrogens (tertiary/aromatic N) is 3. The molecule has 0 aliphatic rings. The van der Waals surface area contributed by atoms with Gasteiger partial charge in [0.05, 0.1) is 21.6 Å². The van der Waals surface area contributed by atoms with E-state index in [1.54, 1.807) is 11.3 Å². The van der Waals surface area contributed by atoms with Gasteiger partial charge >= 0.3 is 0 Å². The smallest absolute Gasteiger partial charge is 0.160 e. The Morgan fingerprint density at radius 2 is 1.00 bits per heavy atom. The molecule has 0 aliphatic heterocycles. The van der Waals surface area contributed by atoms with Gasteiger partial charge in [-0.15, -0.1) is 11.3 Å². The van der Waals surface area contributed by atoms with Gasteiger partial charge in [0, 0.05) is 22.3 Å². The van der Waals surface area contributed by atoms with E-state index < -0.39 is 0 Å². The SMILES string of the molecule is c1ccc(-c2cc(-c3cccc(-c4c(-c5ccc6sc(-c7ccc8ccccc8c7)nc6c5)ccc5ccccc45)c3)nc(-c3ccccc3)n2)cc1. The standard InChI is InChI=1S/C49H31N3S/c1-3-14-34(15-4-1)43-31-44(51-48(50-43)35-16-5-2-6-17-35)38-19-11-20-39(29-38)47-41-21-10-9-13-33(41)24-26-42(47)37-25-27-46-45(30-37)52-49(53-46)40-23-22-32-12-7-8-18-36(32)28-40/h1-31H. The van der Waals surface area contributed by atoms with Crippen LogP contribution in [0.4, 0.5) is 0 Å². The number of hydrogen-bond acceptors (Lipinski definition) is 4. The molecule has 0 N–H and O–H groups in total. The Balaban J connectivity index is 1.11. The van der Waals surface area contributed by atoms with Crippen molar-refractivity contribution in [3.63, 3.8) is 0 Å². The third kappa shape index (κ3) is 5.85. The summed E-state index contributed by atoms with van der Waals surface area (Å²) in [5.41, 5.74) is 11.6. The molecule has 2 aromatic heterocycles. The fourth-order valence-corrected chi connectivity index (χ4v) is 8.21. The van der Waals surface area contributed by atoms with E-state index in [2.05, 4.69) is 164 Å².